The Kier molecular flexibility index (Phi) is 4.12. The molecular weight excluding hydrogens is 217 g/mol. The predicted octanol–water partition coefficient (Wildman–Crippen LogP) is 2.77. The van der Waals surface area contributed by atoms with Gasteiger partial charge < -0.3 is 10.5 Å². The van der Waals surface area contributed by atoms with Gasteiger partial charge in [-0.05, 0) is 18.6 Å². The van der Waals surface area contributed by atoms with Gasteiger partial charge in [-0.1, -0.05) is 23.8 Å². The van der Waals surface area contributed by atoms with Gasteiger partial charge in [-0.25, -0.2) is 4.39 Å². The van der Waals surface area contributed by atoms with Crippen molar-refractivity contribution in [2.75, 3.05) is 13.7 Å². The molecule has 0 saturated heterocycles. The molecule has 15 heavy (non-hydrogen) atoms. The Balaban J connectivity index is 3.36. The second-order valence-corrected chi connectivity index (χ2v) is 3.46. The van der Waals surface area contributed by atoms with E-state index >= 15 is 0 Å². The Morgan fingerprint density at radius 3 is 2.80 bits per heavy atom. The van der Waals surface area contributed by atoms with E-state index in [1.807, 2.05) is 0 Å². The van der Waals surface area contributed by atoms with Crippen molar-refractivity contribution in [2.24, 2.45) is 5.73 Å². The Morgan fingerprint density at radius 1 is 1.60 bits per heavy atom. The van der Waals surface area contributed by atoms with Gasteiger partial charge in [-0.3, -0.25) is 0 Å². The van der Waals surface area contributed by atoms with Crippen molar-refractivity contribution in [2.45, 2.75) is 6.92 Å². The van der Waals surface area contributed by atoms with Crippen LogP contribution in [0.15, 0.2) is 12.1 Å². The quantitative estimate of drug-likeness (QED) is 0.865. The van der Waals surface area contributed by atoms with Crippen LogP contribution >= 0.6 is 11.6 Å². The maximum absolute atomic E-state index is 13.4. The van der Waals surface area contributed by atoms with Crippen LogP contribution in [-0.4, -0.2) is 13.7 Å². The molecule has 0 aliphatic rings. The summed E-state index contributed by atoms with van der Waals surface area (Å²) in [5, 5.41) is 0.380. The normalized spacial score (nSPS) is 11.0. The van der Waals surface area contributed by atoms with Gasteiger partial charge in [0.15, 0.2) is 11.6 Å². The predicted molar refractivity (Wildman–Crippen MR) is 60.8 cm³/mol. The number of hydrogen-bond acceptors (Lipinski definition) is 2. The molecule has 82 valence electrons. The van der Waals surface area contributed by atoms with Crippen LogP contribution < -0.4 is 10.5 Å². The molecule has 0 unspecified atom stereocenters. The number of ether oxygens (including phenoxy) is 1. The summed E-state index contributed by atoms with van der Waals surface area (Å²) < 4.78 is 18.4. The van der Waals surface area contributed by atoms with Crippen molar-refractivity contribution in [3.8, 4) is 5.75 Å². The maximum Gasteiger partial charge on any atom is 0.167 e. The lowest BCUT2D eigenvalue weighted by Gasteiger charge is -2.10. The van der Waals surface area contributed by atoms with Crippen LogP contribution in [-0.2, 0) is 0 Å². The van der Waals surface area contributed by atoms with Crippen LogP contribution in [0.1, 0.15) is 11.1 Å². The van der Waals surface area contributed by atoms with Crippen molar-refractivity contribution in [3.05, 3.63) is 34.1 Å². The third-order valence-electron chi connectivity index (χ3n) is 2.10. The van der Waals surface area contributed by atoms with Gasteiger partial charge in [0, 0.05) is 17.1 Å². The Bertz CT molecular complexity index is 391. The monoisotopic (exact) mass is 229 g/mol. The topological polar surface area (TPSA) is 35.2 Å². The molecule has 0 saturated carbocycles. The zero-order valence-corrected chi connectivity index (χ0v) is 9.44. The highest BCUT2D eigenvalue weighted by Gasteiger charge is 2.13. The van der Waals surface area contributed by atoms with Crippen LogP contribution in [0, 0.1) is 12.7 Å². The highest BCUT2D eigenvalue weighted by molar-refractivity contribution is 6.31. The SMILES string of the molecule is COc1c(F)cc(Cl)c(C)c1/C=C/CN. The molecule has 0 aliphatic carbocycles. The van der Waals surface area contributed by atoms with Gasteiger partial charge in [0.1, 0.15) is 0 Å². The smallest absolute Gasteiger partial charge is 0.167 e. The highest BCUT2D eigenvalue weighted by Crippen LogP contribution is 2.32. The third-order valence-corrected chi connectivity index (χ3v) is 2.49. The number of methoxy groups -OCH3 is 1. The summed E-state index contributed by atoms with van der Waals surface area (Å²) in [5.41, 5.74) is 6.75. The van der Waals surface area contributed by atoms with E-state index in [1.165, 1.54) is 13.2 Å². The number of hydrogen-bond donors (Lipinski definition) is 1. The molecule has 0 amide bonds. The van der Waals surface area contributed by atoms with Crippen LogP contribution in [0.25, 0.3) is 6.08 Å². The molecule has 4 heteroatoms. The van der Waals surface area contributed by atoms with Gasteiger partial charge in [-0.2, -0.15) is 0 Å². The molecule has 0 aliphatic heterocycles. The highest BCUT2D eigenvalue weighted by atomic mass is 35.5. The second kappa shape index (κ2) is 5.14. The van der Waals surface area contributed by atoms with E-state index in [9.17, 15) is 4.39 Å². The van der Waals surface area contributed by atoms with Crippen LogP contribution in [0.3, 0.4) is 0 Å². The number of nitrogens with two attached hydrogens (primary N) is 1. The van der Waals surface area contributed by atoms with Crippen molar-refractivity contribution < 1.29 is 9.13 Å². The largest absolute Gasteiger partial charge is 0.493 e. The Hall–Kier alpha value is -1.06. The fraction of sp³-hybridized carbons (Fsp3) is 0.273. The summed E-state index contributed by atoms with van der Waals surface area (Å²) in [6, 6.07) is 1.25. The summed E-state index contributed by atoms with van der Waals surface area (Å²) in [5.74, 6) is -0.272. The van der Waals surface area contributed by atoms with Gasteiger partial charge in [0.2, 0.25) is 0 Å². The molecule has 0 aromatic heterocycles. The zero-order chi connectivity index (χ0) is 11.4. The molecule has 0 atom stereocenters. The molecule has 0 spiro atoms. The Morgan fingerprint density at radius 2 is 2.27 bits per heavy atom. The average molecular weight is 230 g/mol. The molecular formula is C11H13ClFNO. The Labute approximate surface area is 93.5 Å². The van der Waals surface area contributed by atoms with Crippen molar-refractivity contribution >= 4 is 17.7 Å². The maximum atomic E-state index is 13.4. The van der Waals surface area contributed by atoms with E-state index in [0.29, 0.717) is 17.1 Å². The lowest BCUT2D eigenvalue weighted by Crippen LogP contribution is -1.97. The fourth-order valence-electron chi connectivity index (χ4n) is 1.31. The molecule has 1 rings (SSSR count). The summed E-state index contributed by atoms with van der Waals surface area (Å²) in [7, 11) is 1.42. The average Bonchev–Trinajstić information content (AvgIpc) is 2.21. The first-order valence-corrected chi connectivity index (χ1v) is 4.88. The first-order valence-electron chi connectivity index (χ1n) is 4.51. The molecule has 2 nitrogen and oxygen atoms in total. The minimum Gasteiger partial charge on any atom is -0.493 e. The zero-order valence-electron chi connectivity index (χ0n) is 8.68. The van der Waals surface area contributed by atoms with Gasteiger partial charge in [0.05, 0.1) is 7.11 Å². The molecule has 1 aromatic rings. The van der Waals surface area contributed by atoms with E-state index in [2.05, 4.69) is 0 Å². The van der Waals surface area contributed by atoms with E-state index in [0.717, 1.165) is 5.56 Å². The molecule has 0 radical (unpaired) electrons. The first kappa shape index (κ1) is 12.0. The molecule has 2 N–H and O–H groups in total. The van der Waals surface area contributed by atoms with Gasteiger partial charge in [-0.15, -0.1) is 0 Å². The molecule has 0 fully saturated rings. The number of benzene rings is 1. The molecule has 0 heterocycles. The van der Waals surface area contributed by atoms with Gasteiger partial charge in [0.25, 0.3) is 0 Å². The summed E-state index contributed by atoms with van der Waals surface area (Å²) in [6.07, 6.45) is 3.43. The van der Waals surface area contributed by atoms with Crippen LogP contribution in [0.2, 0.25) is 5.02 Å². The van der Waals surface area contributed by atoms with E-state index in [4.69, 9.17) is 22.1 Å². The summed E-state index contributed by atoms with van der Waals surface area (Å²) in [6.45, 7) is 2.19. The third kappa shape index (κ3) is 2.49. The van der Waals surface area contributed by atoms with Crippen LogP contribution in [0.5, 0.6) is 5.75 Å². The minimum atomic E-state index is -0.468. The molecule has 0 bridgehead atoms. The van der Waals surface area contributed by atoms with E-state index in [1.54, 1.807) is 19.1 Å². The lowest BCUT2D eigenvalue weighted by atomic mass is 10.1. The minimum absolute atomic E-state index is 0.196. The number of rotatable bonds is 3. The van der Waals surface area contributed by atoms with Crippen molar-refractivity contribution in [1.29, 1.82) is 0 Å². The van der Waals surface area contributed by atoms with Crippen LogP contribution in [0.4, 0.5) is 4.39 Å². The summed E-state index contributed by atoms with van der Waals surface area (Å²) >= 11 is 5.87. The van der Waals surface area contributed by atoms with Crippen molar-refractivity contribution in [3.63, 3.8) is 0 Å². The fourth-order valence-corrected chi connectivity index (χ4v) is 1.50. The molecule has 1 aromatic carbocycles. The van der Waals surface area contributed by atoms with Crippen molar-refractivity contribution in [1.82, 2.24) is 0 Å². The second-order valence-electron chi connectivity index (χ2n) is 3.05. The van der Waals surface area contributed by atoms with Gasteiger partial charge >= 0.3 is 0 Å². The lowest BCUT2D eigenvalue weighted by molar-refractivity contribution is 0.385. The summed E-state index contributed by atoms with van der Waals surface area (Å²) in [4.78, 5) is 0. The standard InChI is InChI=1S/C11H13ClFNO/c1-7-8(4-3-5-14)11(15-2)10(13)6-9(7)12/h3-4,6H,5,14H2,1-2H3/b4-3+. The van der Waals surface area contributed by atoms with E-state index < -0.39 is 5.82 Å². The first-order chi connectivity index (χ1) is 7.11. The number of halogens is 2. The van der Waals surface area contributed by atoms with E-state index in [-0.39, 0.29) is 5.75 Å².